The second-order valence-electron chi connectivity index (χ2n) is 16.7. The van der Waals surface area contributed by atoms with E-state index in [1.165, 1.54) is 18.4 Å². The van der Waals surface area contributed by atoms with E-state index in [0.29, 0.717) is 23.3 Å². The third kappa shape index (κ3) is 7.29. The van der Waals surface area contributed by atoms with Crippen LogP contribution in [0, 0.1) is 17.8 Å². The molecule has 0 saturated heterocycles. The molecule has 0 aliphatic heterocycles. The zero-order valence-corrected chi connectivity index (χ0v) is 31.3. The molecule has 9 heteroatoms. The molecule has 0 unspecified atom stereocenters. The number of amides is 1. The van der Waals surface area contributed by atoms with Crippen molar-refractivity contribution < 1.29 is 13.6 Å². The van der Waals surface area contributed by atoms with E-state index in [0.717, 1.165) is 80.2 Å². The quantitative estimate of drug-likeness (QED) is 0.165. The molecule has 3 aliphatic carbocycles. The molecule has 0 bridgehead atoms. The summed E-state index contributed by atoms with van der Waals surface area (Å²) in [5.41, 5.74) is 5.22. The van der Waals surface area contributed by atoms with Crippen LogP contribution in [0.1, 0.15) is 103 Å². The van der Waals surface area contributed by atoms with E-state index in [2.05, 4.69) is 90.2 Å². The molecule has 3 aliphatic rings. The number of carbonyl (C=O) groups is 1. The second-order valence-corrected chi connectivity index (χ2v) is 21.5. The van der Waals surface area contributed by atoms with Crippen molar-refractivity contribution in [1.82, 2.24) is 19.6 Å². The highest BCUT2D eigenvalue weighted by molar-refractivity contribution is 6.74. The highest BCUT2D eigenvalue weighted by atomic mass is 28.4. The van der Waals surface area contributed by atoms with Gasteiger partial charge in [0.15, 0.2) is 8.32 Å². The molecular formula is C40H54FN5O2Si. The summed E-state index contributed by atoms with van der Waals surface area (Å²) in [6.07, 6.45) is 14.6. The summed E-state index contributed by atoms with van der Waals surface area (Å²) in [7, 11) is -0.0697. The molecule has 0 radical (unpaired) electrons. The molecule has 2 aromatic heterocycles. The van der Waals surface area contributed by atoms with Crippen LogP contribution < -0.4 is 4.90 Å². The number of hydrogen-bond donors (Lipinski definition) is 0. The molecule has 1 amide bonds. The lowest BCUT2D eigenvalue weighted by Crippen LogP contribution is -2.46. The fraction of sp³-hybridized carbons (Fsp3) is 0.575. The SMILES string of the molecule is Cn1nc(F)c2cc(C3CCC(CN(C(=O)C4CCC(O[Si](C)(C)C(C)(C)C)CC4)c4cccc(-c5cnn(C6CC6)c5)c4)CC3)ccc21. The van der Waals surface area contributed by atoms with Gasteiger partial charge in [0, 0.05) is 43.1 Å². The Balaban J connectivity index is 1.07. The molecule has 4 aromatic rings. The Morgan fingerprint density at radius 1 is 0.959 bits per heavy atom. The van der Waals surface area contributed by atoms with Gasteiger partial charge < -0.3 is 9.33 Å². The molecule has 2 aromatic carbocycles. The van der Waals surface area contributed by atoms with Gasteiger partial charge in [-0.2, -0.15) is 9.49 Å². The monoisotopic (exact) mass is 683 g/mol. The number of benzene rings is 2. The van der Waals surface area contributed by atoms with Gasteiger partial charge >= 0.3 is 0 Å². The smallest absolute Gasteiger partial charge is 0.240 e. The Bertz CT molecular complexity index is 1790. The van der Waals surface area contributed by atoms with Crippen LogP contribution in [-0.4, -0.2) is 46.4 Å². The van der Waals surface area contributed by atoms with Crippen molar-refractivity contribution in [3.05, 3.63) is 66.4 Å². The molecule has 0 N–H and O–H groups in total. The van der Waals surface area contributed by atoms with Crippen molar-refractivity contribution in [3.63, 3.8) is 0 Å². The van der Waals surface area contributed by atoms with E-state index in [-0.39, 0.29) is 23.0 Å². The van der Waals surface area contributed by atoms with Crippen molar-refractivity contribution >= 4 is 30.8 Å². The summed E-state index contributed by atoms with van der Waals surface area (Å²) in [5.74, 6) is 0.685. The van der Waals surface area contributed by atoms with Gasteiger partial charge in [-0.3, -0.25) is 14.2 Å². The molecule has 2 heterocycles. The van der Waals surface area contributed by atoms with E-state index >= 15 is 0 Å². The minimum Gasteiger partial charge on any atom is -0.414 e. The van der Waals surface area contributed by atoms with Crippen molar-refractivity contribution in [3.8, 4) is 11.1 Å². The first-order valence-electron chi connectivity index (χ1n) is 18.6. The third-order valence-corrected chi connectivity index (χ3v) is 16.7. The fourth-order valence-corrected chi connectivity index (χ4v) is 9.30. The normalized spacial score (nSPS) is 23.6. The van der Waals surface area contributed by atoms with E-state index in [1.54, 1.807) is 11.7 Å². The molecule has 7 rings (SSSR count). The zero-order valence-electron chi connectivity index (χ0n) is 30.3. The van der Waals surface area contributed by atoms with Gasteiger partial charge in [-0.25, -0.2) is 0 Å². The molecule has 3 saturated carbocycles. The Morgan fingerprint density at radius 3 is 2.39 bits per heavy atom. The van der Waals surface area contributed by atoms with Gasteiger partial charge in [0.25, 0.3) is 0 Å². The van der Waals surface area contributed by atoms with E-state index < -0.39 is 14.3 Å². The van der Waals surface area contributed by atoms with Crippen molar-refractivity contribution in [2.75, 3.05) is 11.4 Å². The van der Waals surface area contributed by atoms with Gasteiger partial charge in [0.1, 0.15) is 0 Å². The second kappa shape index (κ2) is 13.4. The molecule has 49 heavy (non-hydrogen) atoms. The van der Waals surface area contributed by atoms with E-state index in [9.17, 15) is 9.18 Å². The lowest BCUT2D eigenvalue weighted by molar-refractivity contribution is -0.124. The minimum absolute atomic E-state index is 0.0120. The van der Waals surface area contributed by atoms with Gasteiger partial charge in [-0.15, -0.1) is 5.10 Å². The molecule has 7 nitrogen and oxygen atoms in total. The van der Waals surface area contributed by atoms with Crippen LogP contribution in [0.25, 0.3) is 22.0 Å². The third-order valence-electron chi connectivity index (χ3n) is 12.2. The fourth-order valence-electron chi connectivity index (χ4n) is 7.87. The summed E-state index contributed by atoms with van der Waals surface area (Å²) in [4.78, 5) is 16.7. The Labute approximate surface area is 292 Å². The maximum absolute atomic E-state index is 14.6. The van der Waals surface area contributed by atoms with Crippen LogP contribution in [0.2, 0.25) is 18.1 Å². The summed E-state index contributed by atoms with van der Waals surface area (Å²) < 4.78 is 25.0. The van der Waals surface area contributed by atoms with Crippen molar-refractivity contribution in [1.29, 1.82) is 0 Å². The summed E-state index contributed by atoms with van der Waals surface area (Å²) in [5, 5.41) is 9.39. The topological polar surface area (TPSA) is 65.2 Å². The lowest BCUT2D eigenvalue weighted by Gasteiger charge is -2.41. The van der Waals surface area contributed by atoms with Crippen LogP contribution >= 0.6 is 0 Å². The number of hydrogen-bond acceptors (Lipinski definition) is 4. The maximum atomic E-state index is 14.6. The van der Waals surface area contributed by atoms with Crippen LogP contribution in [0.15, 0.2) is 54.9 Å². The Morgan fingerprint density at radius 2 is 1.69 bits per heavy atom. The van der Waals surface area contributed by atoms with Crippen LogP contribution in [0.4, 0.5) is 10.1 Å². The summed E-state index contributed by atoms with van der Waals surface area (Å²) >= 11 is 0. The zero-order chi connectivity index (χ0) is 34.5. The standard InChI is InChI=1S/C40H54FN5O2Si/c1-40(2,3)49(5,6)48-35-19-14-29(15-20-35)39(47)45(34-9-7-8-30(22-34)32-24-42-46(26-32)33-17-18-33)25-27-10-12-28(13-11-27)31-16-21-37-36(23-31)38(41)43-44(37)4/h7-9,16,21-24,26-29,33,35H,10-15,17-20,25H2,1-6H3. The first-order valence-corrected chi connectivity index (χ1v) is 21.5. The largest absolute Gasteiger partial charge is 0.414 e. The highest BCUT2D eigenvalue weighted by Gasteiger charge is 2.41. The number of carbonyl (C=O) groups excluding carboxylic acids is 1. The summed E-state index contributed by atoms with van der Waals surface area (Å²) in [6, 6.07) is 15.2. The Hall–Kier alpha value is -3.30. The van der Waals surface area contributed by atoms with Crippen LogP contribution in [0.3, 0.4) is 0 Å². The van der Waals surface area contributed by atoms with Crippen LogP contribution in [-0.2, 0) is 16.3 Å². The van der Waals surface area contributed by atoms with E-state index in [4.69, 9.17) is 4.43 Å². The minimum atomic E-state index is -1.86. The van der Waals surface area contributed by atoms with Gasteiger partial charge in [0.05, 0.1) is 23.1 Å². The molecule has 0 spiro atoms. The van der Waals surface area contributed by atoms with Gasteiger partial charge in [-0.1, -0.05) is 39.0 Å². The highest BCUT2D eigenvalue weighted by Crippen LogP contribution is 2.42. The molecule has 0 atom stereocenters. The number of fused-ring (bicyclic) bond motifs is 1. The van der Waals surface area contributed by atoms with Crippen LogP contribution in [0.5, 0.6) is 0 Å². The van der Waals surface area contributed by atoms with Crippen molar-refractivity contribution in [2.24, 2.45) is 18.9 Å². The van der Waals surface area contributed by atoms with E-state index in [1.807, 2.05) is 18.3 Å². The predicted molar refractivity (Wildman–Crippen MR) is 198 cm³/mol. The number of rotatable bonds is 9. The predicted octanol–water partition coefficient (Wildman–Crippen LogP) is 9.80. The number of nitrogens with zero attached hydrogens (tertiary/aromatic N) is 5. The van der Waals surface area contributed by atoms with Gasteiger partial charge in [0.2, 0.25) is 11.9 Å². The Kier molecular flexibility index (Phi) is 9.37. The summed E-state index contributed by atoms with van der Waals surface area (Å²) in [6.45, 7) is 12.3. The van der Waals surface area contributed by atoms with Gasteiger partial charge in [-0.05, 0) is 130 Å². The average Bonchev–Trinajstić information content (AvgIpc) is 3.74. The molecular weight excluding hydrogens is 630 g/mol. The van der Waals surface area contributed by atoms with Crippen molar-refractivity contribution in [2.45, 2.75) is 121 Å². The number of aromatic nitrogens is 4. The number of halogens is 1. The molecule has 262 valence electrons. The average molecular weight is 684 g/mol. The lowest BCUT2D eigenvalue weighted by atomic mass is 9.78. The maximum Gasteiger partial charge on any atom is 0.240 e. The number of aryl methyl sites for hydroxylation is 1. The number of anilines is 1. The molecule has 3 fully saturated rings. The first kappa shape index (κ1) is 34.2. The first-order chi connectivity index (χ1) is 23.4.